The van der Waals surface area contributed by atoms with Gasteiger partial charge in [0.1, 0.15) is 17.7 Å². The van der Waals surface area contributed by atoms with Crippen LogP contribution in [0.1, 0.15) is 74.4 Å². The minimum Gasteiger partial charge on any atom is -0.465 e. The van der Waals surface area contributed by atoms with Crippen LogP contribution in [0.5, 0.6) is 0 Å². The summed E-state index contributed by atoms with van der Waals surface area (Å²) in [7, 11) is 1.43. The van der Waals surface area contributed by atoms with E-state index in [1.54, 1.807) is 23.2 Å². The topological polar surface area (TPSA) is 139 Å². The van der Waals surface area contributed by atoms with Gasteiger partial charge in [-0.15, -0.1) is 0 Å². The highest BCUT2D eigenvalue weighted by Crippen LogP contribution is 2.36. The number of carbonyl (C=O) groups excluding carboxylic acids is 2. The first kappa shape index (κ1) is 32.8. The lowest BCUT2D eigenvalue weighted by Crippen LogP contribution is -2.43. The number of nitrogens with zero attached hydrogens (tertiary/aromatic N) is 5. The van der Waals surface area contributed by atoms with Gasteiger partial charge in [0.05, 0.1) is 35.9 Å². The number of carbonyl (C=O) groups is 3. The third-order valence-corrected chi connectivity index (χ3v) is 10.00. The number of rotatable bonds is 9. The van der Waals surface area contributed by atoms with Crippen LogP contribution in [0.25, 0.3) is 33.6 Å². The fraction of sp³-hybridized carbons (Fsp3) is 0.308. The summed E-state index contributed by atoms with van der Waals surface area (Å²) in [4.78, 5) is 59.2. The number of hydrogen-bond donors (Lipinski definition) is 3. The molecule has 2 aliphatic heterocycles. The highest BCUT2D eigenvalue weighted by molar-refractivity contribution is 5.87. The Labute approximate surface area is 291 Å². The van der Waals surface area contributed by atoms with Crippen molar-refractivity contribution in [3.05, 3.63) is 108 Å². The van der Waals surface area contributed by atoms with Crippen LogP contribution in [0.3, 0.4) is 0 Å². The molecule has 11 nitrogen and oxygen atoms in total. The van der Waals surface area contributed by atoms with Crippen LogP contribution >= 0.6 is 0 Å². The van der Waals surface area contributed by atoms with Gasteiger partial charge in [-0.1, -0.05) is 85.8 Å². The molecule has 3 aromatic carbocycles. The molecule has 2 fully saturated rings. The molecule has 2 saturated heterocycles. The van der Waals surface area contributed by atoms with Gasteiger partial charge in [-0.3, -0.25) is 14.5 Å². The number of aromatic nitrogens is 4. The summed E-state index contributed by atoms with van der Waals surface area (Å²) in [6.45, 7) is 3.22. The van der Waals surface area contributed by atoms with Gasteiger partial charge in [0.25, 0.3) is 5.91 Å². The molecule has 4 heterocycles. The number of benzene rings is 3. The number of likely N-dealkylation sites (N-methyl/N-ethyl adjacent to an activating group) is 1. The van der Waals surface area contributed by atoms with Gasteiger partial charge in [-0.25, -0.2) is 14.8 Å². The Kier molecular flexibility index (Phi) is 9.21. The molecule has 0 bridgehead atoms. The molecular formula is C39H41N7O4. The van der Waals surface area contributed by atoms with Gasteiger partial charge in [0.2, 0.25) is 5.91 Å². The zero-order valence-corrected chi connectivity index (χ0v) is 28.3. The van der Waals surface area contributed by atoms with Crippen LogP contribution in [0.2, 0.25) is 0 Å². The molecule has 5 aromatic rings. The van der Waals surface area contributed by atoms with E-state index in [2.05, 4.69) is 68.5 Å². The number of carboxylic acid groups (broad SMARTS) is 1. The van der Waals surface area contributed by atoms with Crippen LogP contribution in [0.15, 0.2) is 91.3 Å². The zero-order valence-electron chi connectivity index (χ0n) is 28.3. The summed E-state index contributed by atoms with van der Waals surface area (Å²) in [5, 5.41) is 9.76. The number of aromatic amines is 2. The maximum atomic E-state index is 13.9. The van der Waals surface area contributed by atoms with Crippen LogP contribution in [0, 0.1) is 0 Å². The largest absolute Gasteiger partial charge is 0.465 e. The summed E-state index contributed by atoms with van der Waals surface area (Å²) in [5.41, 5.74) is 6.58. The Hall–Kier alpha value is -5.71. The normalized spacial score (nSPS) is 18.0. The van der Waals surface area contributed by atoms with E-state index < -0.39 is 12.1 Å². The Morgan fingerprint density at radius 3 is 1.74 bits per heavy atom. The van der Waals surface area contributed by atoms with Gasteiger partial charge < -0.3 is 24.9 Å². The van der Waals surface area contributed by atoms with Crippen molar-refractivity contribution in [2.45, 2.75) is 57.2 Å². The lowest BCUT2D eigenvalue weighted by Gasteiger charge is -2.32. The molecule has 2 aromatic heterocycles. The maximum absolute atomic E-state index is 13.9. The molecule has 3 N–H and O–H groups in total. The van der Waals surface area contributed by atoms with Crippen LogP contribution in [-0.2, 0) is 9.59 Å². The van der Waals surface area contributed by atoms with Crippen molar-refractivity contribution in [2.24, 2.45) is 0 Å². The first-order chi connectivity index (χ1) is 24.3. The average molecular weight is 672 g/mol. The van der Waals surface area contributed by atoms with E-state index in [0.717, 1.165) is 76.6 Å². The summed E-state index contributed by atoms with van der Waals surface area (Å²) in [6, 6.07) is 24.4. The lowest BCUT2D eigenvalue weighted by molar-refractivity contribution is -0.137. The minimum absolute atomic E-state index is 0.0114. The number of amides is 3. The molecule has 256 valence electrons. The molecule has 0 saturated carbocycles. The standard InChI is InChI=1S/C39H41N7O4/c1-3-34(47)45-21-7-11-32(45)36-40-23-30(42-36)27-17-13-25(14-18-27)26-15-19-28(20-16-26)31-24-41-37(43-31)33-12-8-22-46(33)38(48)35(44(2)39(49)50)29-9-5-4-6-10-29/h4-6,9-10,13-20,23-24,32-33,35H,3,7-8,11-12,21-22H2,1-2H3,(H,40,42)(H,41,43)(H,49,50)/t32-,33-,35+/m0/s1. The predicted molar refractivity (Wildman–Crippen MR) is 190 cm³/mol. The third kappa shape index (κ3) is 6.38. The smallest absolute Gasteiger partial charge is 0.407 e. The van der Waals surface area contributed by atoms with Gasteiger partial charge in [0.15, 0.2) is 0 Å². The molecule has 0 unspecified atom stereocenters. The summed E-state index contributed by atoms with van der Waals surface area (Å²) >= 11 is 0. The number of imidazole rings is 2. The maximum Gasteiger partial charge on any atom is 0.407 e. The molecule has 11 heteroatoms. The second-order valence-electron chi connectivity index (χ2n) is 13.0. The second-order valence-corrected chi connectivity index (χ2v) is 13.0. The Bertz CT molecular complexity index is 1970. The fourth-order valence-electron chi connectivity index (χ4n) is 7.29. The van der Waals surface area contributed by atoms with Crippen molar-refractivity contribution in [1.82, 2.24) is 34.6 Å². The Balaban J connectivity index is 1.04. The van der Waals surface area contributed by atoms with Gasteiger partial charge >= 0.3 is 6.09 Å². The quantitative estimate of drug-likeness (QED) is 0.151. The average Bonchev–Trinajstić information content (AvgIpc) is 3.98. The van der Waals surface area contributed by atoms with E-state index in [9.17, 15) is 19.5 Å². The number of likely N-dealkylation sites (tertiary alicyclic amines) is 2. The highest BCUT2D eigenvalue weighted by atomic mass is 16.4. The fourth-order valence-corrected chi connectivity index (χ4v) is 7.29. The van der Waals surface area contributed by atoms with Gasteiger partial charge in [-0.2, -0.15) is 0 Å². The van der Waals surface area contributed by atoms with Crippen molar-refractivity contribution < 1.29 is 19.5 Å². The lowest BCUT2D eigenvalue weighted by atomic mass is 10.0. The molecule has 0 spiro atoms. The zero-order chi connectivity index (χ0) is 34.8. The van der Waals surface area contributed by atoms with E-state index >= 15 is 0 Å². The van der Waals surface area contributed by atoms with E-state index in [1.807, 2.05) is 36.2 Å². The Morgan fingerprint density at radius 2 is 1.24 bits per heavy atom. The highest BCUT2D eigenvalue weighted by Gasteiger charge is 2.39. The minimum atomic E-state index is -1.16. The van der Waals surface area contributed by atoms with Crippen molar-refractivity contribution in [2.75, 3.05) is 20.1 Å². The number of H-pyrrole nitrogens is 2. The monoisotopic (exact) mass is 671 g/mol. The van der Waals surface area contributed by atoms with Crippen molar-refractivity contribution in [3.8, 4) is 33.6 Å². The van der Waals surface area contributed by atoms with E-state index in [4.69, 9.17) is 0 Å². The Morgan fingerprint density at radius 1 is 0.760 bits per heavy atom. The molecule has 7 rings (SSSR count). The molecule has 3 atom stereocenters. The van der Waals surface area contributed by atoms with Crippen molar-refractivity contribution in [1.29, 1.82) is 0 Å². The van der Waals surface area contributed by atoms with Crippen molar-refractivity contribution in [3.63, 3.8) is 0 Å². The van der Waals surface area contributed by atoms with E-state index in [1.165, 1.54) is 7.05 Å². The summed E-state index contributed by atoms with van der Waals surface area (Å²) in [6.07, 6.45) is 6.44. The van der Waals surface area contributed by atoms with Gasteiger partial charge in [0, 0.05) is 26.6 Å². The van der Waals surface area contributed by atoms with E-state index in [-0.39, 0.29) is 23.9 Å². The van der Waals surface area contributed by atoms with Gasteiger partial charge in [-0.05, 0) is 53.5 Å². The summed E-state index contributed by atoms with van der Waals surface area (Å²) in [5.74, 6) is 1.44. The van der Waals surface area contributed by atoms with Crippen LogP contribution in [-0.4, -0.2) is 77.8 Å². The molecule has 0 aliphatic carbocycles. The molecule has 0 radical (unpaired) electrons. The second kappa shape index (κ2) is 14.0. The number of hydrogen-bond acceptors (Lipinski definition) is 5. The SMILES string of the molecule is CCC(=O)N1CCC[C@H]1c1ncc(-c2ccc(-c3ccc(-c4cnc([C@@H]5CCCN5C(=O)[C@@H](c5ccccc5)N(C)C(=O)O)[nH]4)cc3)cc2)[nH]1. The first-order valence-electron chi connectivity index (χ1n) is 17.2. The molecule has 3 amide bonds. The predicted octanol–water partition coefficient (Wildman–Crippen LogP) is 7.22. The van der Waals surface area contributed by atoms with Crippen LogP contribution in [0.4, 0.5) is 4.79 Å². The first-order valence-corrected chi connectivity index (χ1v) is 17.2. The number of nitrogens with one attached hydrogen (secondary N) is 2. The van der Waals surface area contributed by atoms with Crippen molar-refractivity contribution >= 4 is 17.9 Å². The van der Waals surface area contributed by atoms with Crippen LogP contribution < -0.4 is 0 Å². The molecule has 50 heavy (non-hydrogen) atoms. The molecule has 2 aliphatic rings. The third-order valence-electron chi connectivity index (χ3n) is 10.00. The summed E-state index contributed by atoms with van der Waals surface area (Å²) < 4.78 is 0. The molecular weight excluding hydrogens is 630 g/mol. The van der Waals surface area contributed by atoms with E-state index in [0.29, 0.717) is 24.4 Å².